The molecule has 5 rings (SSSR count). The van der Waals surface area contributed by atoms with E-state index in [-0.39, 0.29) is 6.61 Å². The molecule has 0 aliphatic heterocycles. The quantitative estimate of drug-likeness (QED) is 0.317. The third kappa shape index (κ3) is 5.93. The summed E-state index contributed by atoms with van der Waals surface area (Å²) in [5, 5.41) is 11.5. The average Bonchev–Trinajstić information content (AvgIpc) is 2.94. The maximum absolute atomic E-state index is 9.37. The van der Waals surface area contributed by atoms with Gasteiger partial charge in [-0.25, -0.2) is 9.97 Å². The van der Waals surface area contributed by atoms with Crippen molar-refractivity contribution < 1.29 is 19.3 Å². The maximum Gasteiger partial charge on any atom is 0.159 e. The van der Waals surface area contributed by atoms with Crippen molar-refractivity contribution in [2.45, 2.75) is 6.61 Å². The summed E-state index contributed by atoms with van der Waals surface area (Å²) in [6, 6.07) is 28.6. The van der Waals surface area contributed by atoms with Gasteiger partial charge in [0, 0.05) is 18.0 Å². The molecule has 1 aromatic heterocycles. The van der Waals surface area contributed by atoms with Gasteiger partial charge in [-0.15, -0.1) is 0 Å². The summed E-state index contributed by atoms with van der Waals surface area (Å²) in [7, 11) is 3.28. The van der Waals surface area contributed by atoms with Crippen LogP contribution in [0.3, 0.4) is 0 Å². The largest absolute Gasteiger partial charge is 0.497 e. The van der Waals surface area contributed by atoms with Crippen LogP contribution >= 0.6 is 0 Å². The number of hydrogen-bond acceptors (Lipinski definition) is 6. The molecule has 0 aliphatic carbocycles. The highest BCUT2D eigenvalue weighted by molar-refractivity contribution is 5.96. The molecule has 6 nitrogen and oxygen atoms in total. The van der Waals surface area contributed by atoms with Crippen LogP contribution in [0.5, 0.6) is 23.0 Å². The Morgan fingerprint density at radius 2 is 1.11 bits per heavy atom. The van der Waals surface area contributed by atoms with Crippen LogP contribution in [0.2, 0.25) is 0 Å². The Hall–Kier alpha value is -4.42. The van der Waals surface area contributed by atoms with Crippen LogP contribution in [0.15, 0.2) is 103 Å². The predicted octanol–water partition coefficient (Wildman–Crippen LogP) is 6.29. The van der Waals surface area contributed by atoms with Crippen molar-refractivity contribution in [3.05, 3.63) is 109 Å². The number of rotatable bonds is 6. The highest BCUT2D eigenvalue weighted by Gasteiger charge is 2.07. The number of benzene rings is 4. The monoisotopic (exact) mass is 466 g/mol. The summed E-state index contributed by atoms with van der Waals surface area (Å²) in [5.41, 5.74) is 1.91. The van der Waals surface area contributed by atoms with Crippen LogP contribution < -0.4 is 14.2 Å². The summed E-state index contributed by atoms with van der Waals surface area (Å²) in [6.07, 6.45) is 3.47. The highest BCUT2D eigenvalue weighted by Crippen LogP contribution is 2.28. The molecular formula is C29H26N2O4. The molecule has 0 atom stereocenters. The lowest BCUT2D eigenvalue weighted by Gasteiger charge is -2.08. The van der Waals surface area contributed by atoms with Crippen molar-refractivity contribution in [3.63, 3.8) is 0 Å². The number of aliphatic hydroxyl groups excluding tert-OH is 1. The highest BCUT2D eigenvalue weighted by atomic mass is 16.5. The zero-order chi connectivity index (χ0) is 24.5. The molecule has 0 unspecified atom stereocenters. The first-order valence-corrected chi connectivity index (χ1v) is 11.1. The molecule has 176 valence electrons. The van der Waals surface area contributed by atoms with Gasteiger partial charge in [0.2, 0.25) is 0 Å². The molecule has 5 aromatic rings. The Morgan fingerprint density at radius 1 is 0.600 bits per heavy atom. The molecule has 35 heavy (non-hydrogen) atoms. The molecule has 0 saturated carbocycles. The van der Waals surface area contributed by atoms with Crippen molar-refractivity contribution in [2.24, 2.45) is 0 Å². The second kappa shape index (κ2) is 11.6. The van der Waals surface area contributed by atoms with Gasteiger partial charge in [-0.3, -0.25) is 0 Å². The number of hydrogen-bond donors (Lipinski definition) is 1. The number of ether oxygens (including phenoxy) is 3. The number of aliphatic hydroxyl groups is 1. The van der Waals surface area contributed by atoms with Crippen molar-refractivity contribution in [1.29, 1.82) is 0 Å². The molecule has 0 saturated heterocycles. The summed E-state index contributed by atoms with van der Waals surface area (Å²) < 4.78 is 15.8. The second-order valence-corrected chi connectivity index (χ2v) is 7.50. The van der Waals surface area contributed by atoms with E-state index in [0.717, 1.165) is 44.9 Å². The Kier molecular flexibility index (Phi) is 7.88. The second-order valence-electron chi connectivity index (χ2n) is 7.50. The van der Waals surface area contributed by atoms with Gasteiger partial charge in [-0.2, -0.15) is 0 Å². The minimum absolute atomic E-state index is 0.0381. The van der Waals surface area contributed by atoms with E-state index >= 15 is 0 Å². The van der Waals surface area contributed by atoms with Gasteiger partial charge in [0.15, 0.2) is 5.82 Å². The molecule has 1 heterocycles. The lowest BCUT2D eigenvalue weighted by molar-refractivity contribution is 0.283. The first-order chi connectivity index (χ1) is 17.2. The predicted molar refractivity (Wildman–Crippen MR) is 137 cm³/mol. The van der Waals surface area contributed by atoms with Gasteiger partial charge in [0.25, 0.3) is 0 Å². The van der Waals surface area contributed by atoms with Crippen LogP contribution in [0.1, 0.15) is 5.56 Å². The first kappa shape index (κ1) is 23.7. The molecule has 4 aromatic carbocycles. The Balaban J connectivity index is 0.000000165. The molecular weight excluding hydrogens is 440 g/mol. The van der Waals surface area contributed by atoms with E-state index < -0.39 is 0 Å². The van der Waals surface area contributed by atoms with E-state index in [1.807, 2.05) is 84.9 Å². The number of fused-ring (bicyclic) bond motifs is 1. The van der Waals surface area contributed by atoms with Gasteiger partial charge in [0.1, 0.15) is 23.0 Å². The lowest BCUT2D eigenvalue weighted by atomic mass is 10.00. The number of nitrogens with zero attached hydrogens (tertiary/aromatic N) is 2. The summed E-state index contributed by atoms with van der Waals surface area (Å²) >= 11 is 0. The van der Waals surface area contributed by atoms with E-state index in [9.17, 15) is 5.11 Å². The SMILES string of the molecule is COc1ccc(Oc2ccc(OC)cc2)cc1.OCc1cccc2c(-c3ncccn3)cccc12. The van der Waals surface area contributed by atoms with Crippen molar-refractivity contribution in [3.8, 4) is 34.4 Å². The summed E-state index contributed by atoms with van der Waals surface area (Å²) in [5.74, 6) is 3.88. The Bertz CT molecular complexity index is 1310. The fourth-order valence-electron chi connectivity index (χ4n) is 3.57. The molecule has 1 N–H and O–H groups in total. The summed E-state index contributed by atoms with van der Waals surface area (Å²) in [6.45, 7) is 0.0381. The molecule has 0 fully saturated rings. The van der Waals surface area contributed by atoms with Gasteiger partial charge in [-0.05, 0) is 70.9 Å². The molecule has 6 heteroatoms. The fraction of sp³-hybridized carbons (Fsp3) is 0.103. The topological polar surface area (TPSA) is 73.7 Å². The minimum atomic E-state index is 0.0381. The van der Waals surface area contributed by atoms with E-state index in [1.165, 1.54) is 0 Å². The standard InChI is InChI=1S/C15H12N2O.C14H14O3/c18-10-11-4-1-6-13-12(11)5-2-7-14(13)15-16-8-3-9-17-15;1-15-11-3-7-13(8-4-11)17-14-9-5-12(16-2)6-10-14/h1-9,18H,10H2;3-10H,1-2H3. The van der Waals surface area contributed by atoms with E-state index in [4.69, 9.17) is 14.2 Å². The van der Waals surface area contributed by atoms with Crippen molar-refractivity contribution >= 4 is 10.8 Å². The Morgan fingerprint density at radius 3 is 1.66 bits per heavy atom. The van der Waals surface area contributed by atoms with Gasteiger partial charge in [-0.1, -0.05) is 36.4 Å². The normalized spacial score (nSPS) is 10.3. The minimum Gasteiger partial charge on any atom is -0.497 e. The Labute approximate surface area is 204 Å². The van der Waals surface area contributed by atoms with Crippen LogP contribution in [0, 0.1) is 0 Å². The van der Waals surface area contributed by atoms with Gasteiger partial charge < -0.3 is 19.3 Å². The molecule has 0 bridgehead atoms. The van der Waals surface area contributed by atoms with Crippen molar-refractivity contribution in [2.75, 3.05) is 14.2 Å². The van der Waals surface area contributed by atoms with Gasteiger partial charge in [0.05, 0.1) is 20.8 Å². The van der Waals surface area contributed by atoms with Crippen LogP contribution in [0.4, 0.5) is 0 Å². The third-order valence-corrected chi connectivity index (χ3v) is 5.34. The van der Waals surface area contributed by atoms with Crippen LogP contribution in [-0.4, -0.2) is 29.3 Å². The molecule has 0 aliphatic rings. The zero-order valence-corrected chi connectivity index (χ0v) is 19.6. The zero-order valence-electron chi connectivity index (χ0n) is 19.6. The first-order valence-electron chi connectivity index (χ1n) is 11.1. The lowest BCUT2D eigenvalue weighted by Crippen LogP contribution is -1.91. The average molecular weight is 467 g/mol. The number of aromatic nitrogens is 2. The van der Waals surface area contributed by atoms with Crippen molar-refractivity contribution in [1.82, 2.24) is 9.97 Å². The molecule has 0 spiro atoms. The maximum atomic E-state index is 9.37. The fourth-order valence-corrected chi connectivity index (χ4v) is 3.57. The van der Waals surface area contributed by atoms with Crippen LogP contribution in [0.25, 0.3) is 22.2 Å². The molecule has 0 radical (unpaired) electrons. The molecule has 0 amide bonds. The number of methoxy groups -OCH3 is 2. The summed E-state index contributed by atoms with van der Waals surface area (Å²) in [4.78, 5) is 8.56. The van der Waals surface area contributed by atoms with E-state index in [0.29, 0.717) is 5.82 Å². The third-order valence-electron chi connectivity index (χ3n) is 5.34. The van der Waals surface area contributed by atoms with E-state index in [1.54, 1.807) is 32.7 Å². The van der Waals surface area contributed by atoms with E-state index in [2.05, 4.69) is 9.97 Å². The smallest absolute Gasteiger partial charge is 0.159 e. The van der Waals surface area contributed by atoms with Crippen LogP contribution in [-0.2, 0) is 6.61 Å². The van der Waals surface area contributed by atoms with Gasteiger partial charge >= 0.3 is 0 Å².